The van der Waals surface area contributed by atoms with Gasteiger partial charge in [-0.25, -0.2) is 8.42 Å². The third-order valence-electron chi connectivity index (χ3n) is 3.70. The summed E-state index contributed by atoms with van der Waals surface area (Å²) in [5.41, 5.74) is 5.72. The highest BCUT2D eigenvalue weighted by molar-refractivity contribution is 9.10. The predicted octanol–water partition coefficient (Wildman–Crippen LogP) is 1.45. The largest absolute Gasteiger partial charge is 0.330 e. The van der Waals surface area contributed by atoms with E-state index in [9.17, 15) is 8.42 Å². The number of halogens is 1. The van der Waals surface area contributed by atoms with Crippen LogP contribution in [0.2, 0.25) is 0 Å². The molecule has 2 rings (SSSR count). The van der Waals surface area contributed by atoms with Gasteiger partial charge in [-0.3, -0.25) is 4.98 Å². The average molecular weight is 348 g/mol. The molecule has 19 heavy (non-hydrogen) atoms. The van der Waals surface area contributed by atoms with E-state index in [0.29, 0.717) is 30.0 Å². The third kappa shape index (κ3) is 3.16. The van der Waals surface area contributed by atoms with Gasteiger partial charge in [-0.15, -0.1) is 0 Å². The topological polar surface area (TPSA) is 76.3 Å². The molecule has 2 N–H and O–H groups in total. The molecule has 1 aromatic heterocycles. The number of aromatic nitrogens is 1. The predicted molar refractivity (Wildman–Crippen MR) is 77.0 cm³/mol. The molecule has 0 bridgehead atoms. The SMILES string of the molecule is CC1CCN(S(=O)(=O)c2cncc(Br)c2)CC1CN. The molecule has 2 atom stereocenters. The summed E-state index contributed by atoms with van der Waals surface area (Å²) in [6.45, 7) is 3.69. The molecule has 2 heterocycles. The zero-order valence-corrected chi connectivity index (χ0v) is 13.2. The Morgan fingerprint density at radius 2 is 2.26 bits per heavy atom. The Labute approximate surface area is 122 Å². The van der Waals surface area contributed by atoms with Crippen molar-refractivity contribution in [3.8, 4) is 0 Å². The molecular weight excluding hydrogens is 330 g/mol. The standard InChI is InChI=1S/C12H18BrN3O2S/c1-9-2-3-16(8-10(9)5-14)19(17,18)12-4-11(13)6-15-7-12/h4,6-7,9-10H,2-3,5,8,14H2,1H3. The van der Waals surface area contributed by atoms with E-state index in [0.717, 1.165) is 6.42 Å². The molecule has 1 saturated heterocycles. The lowest BCUT2D eigenvalue weighted by Crippen LogP contribution is -2.45. The van der Waals surface area contributed by atoms with Crippen molar-refractivity contribution in [1.29, 1.82) is 0 Å². The number of nitrogens with two attached hydrogens (primary N) is 1. The fraction of sp³-hybridized carbons (Fsp3) is 0.583. The van der Waals surface area contributed by atoms with Gasteiger partial charge in [0.15, 0.2) is 0 Å². The van der Waals surface area contributed by atoms with Gasteiger partial charge in [0.25, 0.3) is 0 Å². The second-order valence-corrected chi connectivity index (χ2v) is 7.82. The Bertz CT molecular complexity index is 550. The van der Waals surface area contributed by atoms with E-state index in [1.165, 1.54) is 10.5 Å². The van der Waals surface area contributed by atoms with E-state index >= 15 is 0 Å². The molecule has 0 spiro atoms. The van der Waals surface area contributed by atoms with Gasteiger partial charge in [-0.05, 0) is 46.8 Å². The van der Waals surface area contributed by atoms with Crippen molar-refractivity contribution in [1.82, 2.24) is 9.29 Å². The van der Waals surface area contributed by atoms with Crippen LogP contribution in [-0.2, 0) is 10.0 Å². The van der Waals surface area contributed by atoms with Crippen LogP contribution in [0.4, 0.5) is 0 Å². The van der Waals surface area contributed by atoms with Crippen molar-refractivity contribution in [3.05, 3.63) is 22.9 Å². The highest BCUT2D eigenvalue weighted by atomic mass is 79.9. The number of piperidine rings is 1. The summed E-state index contributed by atoms with van der Waals surface area (Å²) < 4.78 is 27.2. The molecule has 1 aliphatic heterocycles. The third-order valence-corrected chi connectivity index (χ3v) is 5.96. The first kappa shape index (κ1) is 14.9. The van der Waals surface area contributed by atoms with E-state index in [1.807, 2.05) is 0 Å². The van der Waals surface area contributed by atoms with Gasteiger partial charge < -0.3 is 5.73 Å². The zero-order chi connectivity index (χ0) is 14.0. The maximum Gasteiger partial charge on any atom is 0.244 e. The van der Waals surface area contributed by atoms with Gasteiger partial charge in [0.1, 0.15) is 4.90 Å². The monoisotopic (exact) mass is 347 g/mol. The van der Waals surface area contributed by atoms with Crippen molar-refractivity contribution >= 4 is 26.0 Å². The molecule has 0 aromatic carbocycles. The van der Waals surface area contributed by atoms with Gasteiger partial charge in [-0.1, -0.05) is 6.92 Å². The summed E-state index contributed by atoms with van der Waals surface area (Å²) in [5.74, 6) is 0.695. The number of nitrogens with zero attached hydrogens (tertiary/aromatic N) is 2. The van der Waals surface area contributed by atoms with Crippen molar-refractivity contribution in [2.45, 2.75) is 18.2 Å². The van der Waals surface area contributed by atoms with Crippen LogP contribution in [0.5, 0.6) is 0 Å². The Morgan fingerprint density at radius 1 is 1.53 bits per heavy atom. The van der Waals surface area contributed by atoms with Crippen molar-refractivity contribution in [3.63, 3.8) is 0 Å². The van der Waals surface area contributed by atoms with Crippen LogP contribution >= 0.6 is 15.9 Å². The minimum absolute atomic E-state index is 0.226. The van der Waals surface area contributed by atoms with E-state index < -0.39 is 10.0 Å². The highest BCUT2D eigenvalue weighted by Crippen LogP contribution is 2.27. The van der Waals surface area contributed by atoms with Crippen molar-refractivity contribution in [2.75, 3.05) is 19.6 Å². The van der Waals surface area contributed by atoms with Crippen molar-refractivity contribution in [2.24, 2.45) is 17.6 Å². The summed E-state index contributed by atoms with van der Waals surface area (Å²) in [6, 6.07) is 1.58. The second-order valence-electron chi connectivity index (χ2n) is 4.96. The Kier molecular flexibility index (Phi) is 4.60. The number of pyridine rings is 1. The fourth-order valence-corrected chi connectivity index (χ4v) is 4.34. The number of rotatable bonds is 3. The number of hydrogen-bond acceptors (Lipinski definition) is 4. The molecule has 7 heteroatoms. The van der Waals surface area contributed by atoms with Crippen LogP contribution in [0.25, 0.3) is 0 Å². The summed E-state index contributed by atoms with van der Waals surface area (Å²) in [4.78, 5) is 4.15. The van der Waals surface area contributed by atoms with Gasteiger partial charge in [-0.2, -0.15) is 4.31 Å². The molecule has 1 aliphatic rings. The molecule has 1 fully saturated rings. The van der Waals surface area contributed by atoms with Gasteiger partial charge in [0.2, 0.25) is 10.0 Å². The van der Waals surface area contributed by atoms with E-state index in [2.05, 4.69) is 27.8 Å². The van der Waals surface area contributed by atoms with Gasteiger partial charge in [0, 0.05) is 30.0 Å². The summed E-state index contributed by atoms with van der Waals surface area (Å²) in [5, 5.41) is 0. The molecule has 0 saturated carbocycles. The molecule has 1 aromatic rings. The Hall–Kier alpha value is -0.500. The summed E-state index contributed by atoms with van der Waals surface area (Å²) >= 11 is 3.25. The van der Waals surface area contributed by atoms with E-state index in [1.54, 1.807) is 12.3 Å². The maximum atomic E-state index is 12.5. The average Bonchev–Trinajstić information content (AvgIpc) is 2.39. The number of sulfonamides is 1. The van der Waals surface area contributed by atoms with E-state index in [-0.39, 0.29) is 10.8 Å². The summed E-state index contributed by atoms with van der Waals surface area (Å²) in [6.07, 6.45) is 3.80. The fourth-order valence-electron chi connectivity index (χ4n) is 2.32. The lowest BCUT2D eigenvalue weighted by atomic mass is 9.88. The first-order valence-corrected chi connectivity index (χ1v) is 8.49. The van der Waals surface area contributed by atoms with Crippen LogP contribution in [0.1, 0.15) is 13.3 Å². The van der Waals surface area contributed by atoms with Gasteiger partial charge >= 0.3 is 0 Å². The number of hydrogen-bond donors (Lipinski definition) is 1. The molecular formula is C12H18BrN3O2S. The first-order chi connectivity index (χ1) is 8.95. The van der Waals surface area contributed by atoms with Crippen molar-refractivity contribution < 1.29 is 8.42 Å². The maximum absolute atomic E-state index is 12.5. The zero-order valence-electron chi connectivity index (χ0n) is 10.8. The quantitative estimate of drug-likeness (QED) is 0.897. The van der Waals surface area contributed by atoms with Crippen LogP contribution < -0.4 is 5.73 Å². The minimum atomic E-state index is -3.47. The molecule has 5 nitrogen and oxygen atoms in total. The van der Waals surface area contributed by atoms with Crippen LogP contribution in [-0.4, -0.2) is 37.3 Å². The summed E-state index contributed by atoms with van der Waals surface area (Å²) in [7, 11) is -3.47. The lowest BCUT2D eigenvalue weighted by molar-refractivity contribution is 0.203. The second kappa shape index (κ2) is 5.87. The van der Waals surface area contributed by atoms with Crippen LogP contribution in [0, 0.1) is 11.8 Å². The highest BCUT2D eigenvalue weighted by Gasteiger charge is 2.33. The normalized spacial score (nSPS) is 25.4. The molecule has 0 aliphatic carbocycles. The first-order valence-electron chi connectivity index (χ1n) is 6.26. The Balaban J connectivity index is 2.25. The lowest BCUT2D eigenvalue weighted by Gasteiger charge is -2.35. The van der Waals surface area contributed by atoms with Crippen LogP contribution in [0.3, 0.4) is 0 Å². The molecule has 2 unspecified atom stereocenters. The van der Waals surface area contributed by atoms with Gasteiger partial charge in [0.05, 0.1) is 0 Å². The molecule has 0 radical (unpaired) electrons. The molecule has 0 amide bonds. The van der Waals surface area contributed by atoms with E-state index in [4.69, 9.17) is 5.73 Å². The smallest absolute Gasteiger partial charge is 0.244 e. The molecule has 106 valence electrons. The minimum Gasteiger partial charge on any atom is -0.330 e. The Morgan fingerprint density at radius 3 is 2.89 bits per heavy atom. The van der Waals surface area contributed by atoms with Crippen LogP contribution in [0.15, 0.2) is 27.8 Å².